The number of allylic oxidation sites excluding steroid dienone is 6. The summed E-state index contributed by atoms with van der Waals surface area (Å²) in [5.41, 5.74) is 28.2. The minimum Gasteiger partial charge on any atom is -0.311 e. The lowest BCUT2D eigenvalue weighted by Gasteiger charge is -2.27. The molecule has 14 aromatic carbocycles. The Morgan fingerprint density at radius 1 is 0.295 bits per heavy atom. The van der Waals surface area contributed by atoms with Gasteiger partial charge in [-0.15, -0.1) is 0 Å². The maximum atomic E-state index is 2.51. The number of nitrogens with zero attached hydrogens (tertiary/aromatic N) is 3. The number of hydrogen-bond acceptors (Lipinski definition) is 3. The largest absolute Gasteiger partial charge is 0.311 e. The molecule has 0 aliphatic heterocycles. The predicted molar refractivity (Wildman–Crippen MR) is 406 cm³/mol. The molecule has 0 spiro atoms. The van der Waals surface area contributed by atoms with Crippen molar-refractivity contribution in [2.24, 2.45) is 5.92 Å². The van der Waals surface area contributed by atoms with Crippen LogP contribution in [0.5, 0.6) is 0 Å². The molecule has 0 heterocycles. The number of benzene rings is 14. The summed E-state index contributed by atoms with van der Waals surface area (Å²) in [5, 5.41) is 7.31. The molecule has 95 heavy (non-hydrogen) atoms. The van der Waals surface area contributed by atoms with Gasteiger partial charge in [0.15, 0.2) is 0 Å². The zero-order valence-electron chi connectivity index (χ0n) is 54.2. The Bertz CT molecular complexity index is 5090. The van der Waals surface area contributed by atoms with E-state index in [1.54, 1.807) is 0 Å². The minimum absolute atomic E-state index is 0.574. The van der Waals surface area contributed by atoms with Crippen LogP contribution in [0.15, 0.2) is 333 Å². The van der Waals surface area contributed by atoms with Crippen LogP contribution >= 0.6 is 0 Å². The Morgan fingerprint density at radius 2 is 0.663 bits per heavy atom. The summed E-state index contributed by atoms with van der Waals surface area (Å²) in [4.78, 5) is 7.09. The third-order valence-electron chi connectivity index (χ3n) is 19.5. The molecule has 0 fully saturated rings. The van der Waals surface area contributed by atoms with Crippen LogP contribution in [0.4, 0.5) is 51.2 Å². The van der Waals surface area contributed by atoms with Gasteiger partial charge in [0.25, 0.3) is 0 Å². The fraction of sp³-hybridized carbons (Fsp3) is 0.0870. The summed E-state index contributed by atoms with van der Waals surface area (Å²) in [6.07, 6.45) is 13.1. The molecule has 3 nitrogen and oxygen atoms in total. The molecule has 14 aromatic rings. The molecule has 2 aliphatic carbocycles. The normalized spacial score (nSPS) is 13.5. The SMILES string of the molecule is Cc1ccc(N(c2ccc(C)cc2)c2ccc(-c3cc(-c4ccccc4)c(-c4ccc(N(c5ccc(C)cc5)c5ccc(C)cc5)cc4)c4c5ccc(-c6ccc(N(c7ccccc7)c7ccccc7)cc6)cc5c5cc(C6=CCC7CCC=CC7=C6)ccc5c34)cc2)cc1. The summed E-state index contributed by atoms with van der Waals surface area (Å²) < 4.78 is 0. The fourth-order valence-electron chi connectivity index (χ4n) is 14.5. The van der Waals surface area contributed by atoms with Gasteiger partial charge in [-0.05, 0) is 274 Å². The molecular formula is C92H73N3. The van der Waals surface area contributed by atoms with Gasteiger partial charge >= 0.3 is 0 Å². The summed E-state index contributed by atoms with van der Waals surface area (Å²) in [7, 11) is 0. The van der Waals surface area contributed by atoms with Crippen LogP contribution in [-0.2, 0) is 0 Å². The molecule has 0 saturated heterocycles. The first-order chi connectivity index (χ1) is 46.7. The number of rotatable bonds is 14. The highest BCUT2D eigenvalue weighted by Gasteiger charge is 2.26. The van der Waals surface area contributed by atoms with Crippen LogP contribution in [0.1, 0.15) is 47.1 Å². The number of anilines is 9. The average Bonchev–Trinajstić information content (AvgIpc) is 0.709. The fourth-order valence-corrected chi connectivity index (χ4v) is 14.5. The van der Waals surface area contributed by atoms with E-state index in [4.69, 9.17) is 0 Å². The molecule has 0 amide bonds. The summed E-state index contributed by atoms with van der Waals surface area (Å²) in [6.45, 7) is 8.62. The van der Waals surface area contributed by atoms with Crippen molar-refractivity contribution in [2.45, 2.75) is 47.0 Å². The molecule has 0 aromatic heterocycles. The van der Waals surface area contributed by atoms with E-state index in [1.807, 2.05) is 0 Å². The quantitative estimate of drug-likeness (QED) is 0.100. The average molecular weight is 1220 g/mol. The second kappa shape index (κ2) is 25.2. The second-order valence-electron chi connectivity index (χ2n) is 25.9. The van der Waals surface area contributed by atoms with Crippen molar-refractivity contribution >= 4 is 89.1 Å². The van der Waals surface area contributed by atoms with Crippen LogP contribution in [0, 0.1) is 33.6 Å². The van der Waals surface area contributed by atoms with Crippen molar-refractivity contribution in [2.75, 3.05) is 14.7 Å². The number of aryl methyl sites for hydroxylation is 4. The molecule has 1 unspecified atom stereocenters. The lowest BCUT2D eigenvalue weighted by Crippen LogP contribution is -2.10. The van der Waals surface area contributed by atoms with Crippen LogP contribution in [0.2, 0.25) is 0 Å². The van der Waals surface area contributed by atoms with E-state index in [0.717, 1.165) is 91.8 Å². The first-order valence-electron chi connectivity index (χ1n) is 33.5. The topological polar surface area (TPSA) is 9.72 Å². The third kappa shape index (κ3) is 11.4. The monoisotopic (exact) mass is 1220 g/mol. The maximum absolute atomic E-state index is 2.51. The summed E-state index contributed by atoms with van der Waals surface area (Å²) >= 11 is 0. The molecule has 1 atom stereocenters. The van der Waals surface area contributed by atoms with E-state index < -0.39 is 0 Å². The molecular weight excluding hydrogens is 1150 g/mol. The molecule has 2 aliphatic rings. The lowest BCUT2D eigenvalue weighted by atomic mass is 9.79. The highest BCUT2D eigenvalue weighted by molar-refractivity contribution is 6.33. The van der Waals surface area contributed by atoms with Crippen LogP contribution in [-0.4, -0.2) is 0 Å². The Kier molecular flexibility index (Phi) is 15.5. The van der Waals surface area contributed by atoms with Gasteiger partial charge in [-0.3, -0.25) is 0 Å². The van der Waals surface area contributed by atoms with Crippen molar-refractivity contribution in [3.8, 4) is 44.5 Å². The van der Waals surface area contributed by atoms with Gasteiger partial charge in [-0.2, -0.15) is 0 Å². The van der Waals surface area contributed by atoms with Crippen LogP contribution in [0.25, 0.3) is 82.4 Å². The van der Waals surface area contributed by atoms with E-state index in [2.05, 4.69) is 370 Å². The van der Waals surface area contributed by atoms with Gasteiger partial charge in [0.1, 0.15) is 0 Å². The van der Waals surface area contributed by atoms with Crippen molar-refractivity contribution in [1.82, 2.24) is 0 Å². The summed E-state index contributed by atoms with van der Waals surface area (Å²) in [6, 6.07) is 113. The van der Waals surface area contributed by atoms with Crippen molar-refractivity contribution in [1.29, 1.82) is 0 Å². The Hall–Kier alpha value is -11.5. The lowest BCUT2D eigenvalue weighted by molar-refractivity contribution is 0.567. The molecule has 0 saturated carbocycles. The Labute approximate surface area is 558 Å². The second-order valence-corrected chi connectivity index (χ2v) is 25.9. The van der Waals surface area contributed by atoms with Gasteiger partial charge in [0.05, 0.1) is 0 Å². The van der Waals surface area contributed by atoms with E-state index in [0.29, 0.717) is 5.92 Å². The zero-order valence-corrected chi connectivity index (χ0v) is 54.2. The van der Waals surface area contributed by atoms with E-state index >= 15 is 0 Å². The van der Waals surface area contributed by atoms with Gasteiger partial charge in [-0.25, -0.2) is 0 Å². The molecule has 3 heteroatoms. The number of hydrogen-bond donors (Lipinski definition) is 0. The van der Waals surface area contributed by atoms with Gasteiger partial charge in [-0.1, -0.05) is 222 Å². The first-order valence-corrected chi connectivity index (χ1v) is 33.5. The highest BCUT2D eigenvalue weighted by atomic mass is 15.2. The van der Waals surface area contributed by atoms with Gasteiger partial charge in [0, 0.05) is 51.2 Å². The maximum Gasteiger partial charge on any atom is 0.0462 e. The first kappa shape index (κ1) is 58.6. The third-order valence-corrected chi connectivity index (χ3v) is 19.5. The van der Waals surface area contributed by atoms with Crippen LogP contribution < -0.4 is 14.7 Å². The molecule has 456 valence electrons. The van der Waals surface area contributed by atoms with Crippen molar-refractivity contribution < 1.29 is 0 Å². The van der Waals surface area contributed by atoms with Crippen molar-refractivity contribution in [3.63, 3.8) is 0 Å². The van der Waals surface area contributed by atoms with E-state index in [-0.39, 0.29) is 0 Å². The highest BCUT2D eigenvalue weighted by Crippen LogP contribution is 2.52. The van der Waals surface area contributed by atoms with Gasteiger partial charge < -0.3 is 14.7 Å². The molecule has 0 bridgehead atoms. The minimum atomic E-state index is 0.574. The zero-order chi connectivity index (χ0) is 63.9. The Balaban J connectivity index is 0.955. The standard InChI is InChI=1S/C92H73N3/c1-62-24-42-77(43-25-62)94(78-44-26-63(2)27-45-78)82-52-36-69(37-53-82)87-61-86(68-17-8-5-9-18-68)90(70-38-54-83(55-39-70)95(79-46-28-64(3)29-47-79)80-48-30-65(4)31-49-80)92-85-57-40-73(67-34-50-81(51-35-67)93(75-20-10-6-11-21-75)76-22-12-7-13-23-76)59-89(85)88-60-74(41-56-84(88)91(87)92)72-33-32-66-16-14-15-19-71(66)58-72/h5-13,15,17-31,33-61,66H,14,16,32H2,1-4H3. The predicted octanol–water partition coefficient (Wildman–Crippen LogP) is 26.1. The van der Waals surface area contributed by atoms with E-state index in [1.165, 1.54) is 94.4 Å². The van der Waals surface area contributed by atoms with Crippen LogP contribution in [0.3, 0.4) is 0 Å². The van der Waals surface area contributed by atoms with E-state index in [9.17, 15) is 0 Å². The van der Waals surface area contributed by atoms with Crippen molar-refractivity contribution in [3.05, 3.63) is 361 Å². The molecule has 0 N–H and O–H groups in total. The Morgan fingerprint density at radius 3 is 1.14 bits per heavy atom. The van der Waals surface area contributed by atoms with Gasteiger partial charge in [0.2, 0.25) is 0 Å². The summed E-state index contributed by atoms with van der Waals surface area (Å²) in [5.74, 6) is 0.574. The number of fused-ring (bicyclic) bond motifs is 7. The molecule has 16 rings (SSSR count). The molecule has 0 radical (unpaired) electrons. The number of para-hydroxylation sites is 2. The smallest absolute Gasteiger partial charge is 0.0462 e.